The summed E-state index contributed by atoms with van der Waals surface area (Å²) in [6.45, 7) is 0. The van der Waals surface area contributed by atoms with Crippen molar-refractivity contribution in [2.24, 2.45) is 5.84 Å². The third-order valence-electron chi connectivity index (χ3n) is 3.19. The van der Waals surface area contributed by atoms with Crippen molar-refractivity contribution in [1.29, 1.82) is 5.41 Å². The van der Waals surface area contributed by atoms with Gasteiger partial charge >= 0.3 is 0 Å². The van der Waals surface area contributed by atoms with Crippen molar-refractivity contribution in [2.75, 3.05) is 18.5 Å². The Morgan fingerprint density at radius 2 is 1.70 bits per heavy atom. The van der Waals surface area contributed by atoms with Crippen LogP contribution in [0.5, 0.6) is 0 Å². The lowest BCUT2D eigenvalue weighted by atomic mass is 10.2. The quantitative estimate of drug-likeness (QED) is 0.229. The summed E-state index contributed by atoms with van der Waals surface area (Å²) in [5.41, 5.74) is 13.3. The van der Waals surface area contributed by atoms with Gasteiger partial charge in [-0.2, -0.15) is 0 Å². The number of benzene rings is 1. The van der Waals surface area contributed by atoms with Gasteiger partial charge in [0.1, 0.15) is 5.69 Å². The van der Waals surface area contributed by atoms with Crippen molar-refractivity contribution >= 4 is 28.6 Å². The van der Waals surface area contributed by atoms with E-state index in [1.165, 1.54) is 7.05 Å². The first-order valence-electron chi connectivity index (χ1n) is 6.71. The molecule has 3 rings (SSSR count). The van der Waals surface area contributed by atoms with Gasteiger partial charge in [-0.15, -0.1) is 0 Å². The maximum Gasteiger partial charge on any atom is 0.186 e. The molecule has 0 saturated carbocycles. The fraction of sp³-hybridized carbons (Fsp3) is 0.0714. The topological polar surface area (TPSA) is 157 Å². The first kappa shape index (κ1) is 14.6. The number of nitrogens with two attached hydrogens (primary N) is 3. The Labute approximate surface area is 131 Å². The molecule has 2 heterocycles. The highest BCUT2D eigenvalue weighted by molar-refractivity contribution is 6.00. The summed E-state index contributed by atoms with van der Waals surface area (Å²) in [4.78, 5) is 17.0. The number of aromatic nitrogens is 4. The molecule has 0 spiro atoms. The molecule has 0 bridgehead atoms. The van der Waals surface area contributed by atoms with E-state index in [2.05, 4.69) is 19.9 Å². The van der Waals surface area contributed by atoms with Crippen LogP contribution in [0.25, 0.3) is 22.6 Å². The number of nitrogen functional groups attached to an aromatic ring is 2. The third kappa shape index (κ3) is 2.60. The second-order valence-electron chi connectivity index (χ2n) is 4.89. The van der Waals surface area contributed by atoms with E-state index in [9.17, 15) is 0 Å². The van der Waals surface area contributed by atoms with E-state index in [0.29, 0.717) is 5.82 Å². The molecule has 116 valence electrons. The minimum absolute atomic E-state index is 0.0527. The first-order chi connectivity index (χ1) is 11.0. The molecule has 0 atom stereocenters. The number of amidine groups is 1. The number of nitrogens with zero attached hydrogens (tertiary/aromatic N) is 5. The summed E-state index contributed by atoms with van der Waals surface area (Å²) >= 11 is 0. The summed E-state index contributed by atoms with van der Waals surface area (Å²) in [6, 6.07) is 9.38. The van der Waals surface area contributed by atoms with E-state index in [1.54, 1.807) is 0 Å². The summed E-state index contributed by atoms with van der Waals surface area (Å²) in [6.07, 6.45) is 0. The number of hydrogen-bond acceptors (Lipinski definition) is 8. The lowest BCUT2D eigenvalue weighted by Crippen LogP contribution is -2.34. The molecule has 1 aromatic carbocycles. The number of rotatable bonds is 2. The van der Waals surface area contributed by atoms with E-state index in [0.717, 1.165) is 10.6 Å². The van der Waals surface area contributed by atoms with Gasteiger partial charge < -0.3 is 11.5 Å². The van der Waals surface area contributed by atoms with Gasteiger partial charge in [-0.3, -0.25) is 10.4 Å². The molecular weight excluding hydrogens is 294 g/mol. The molecule has 0 fully saturated rings. The van der Waals surface area contributed by atoms with Crippen molar-refractivity contribution in [2.45, 2.75) is 0 Å². The van der Waals surface area contributed by atoms with Crippen molar-refractivity contribution in [3.05, 3.63) is 36.0 Å². The Hall–Kier alpha value is -3.33. The van der Waals surface area contributed by atoms with Gasteiger partial charge in [0, 0.05) is 12.6 Å². The van der Waals surface area contributed by atoms with Gasteiger partial charge in [0.15, 0.2) is 34.5 Å². The standard InChI is InChI=1S/C14H15N9/c1-23(18)12(17)8-10(15)21-14-9(19-8)11(16)20-13(22-14)7-5-3-2-4-6-7/h2-6,17H,18H2,1H3,(H4,15,16,20,21,22). The van der Waals surface area contributed by atoms with Crippen LogP contribution >= 0.6 is 0 Å². The lowest BCUT2D eigenvalue weighted by Gasteiger charge is -2.14. The summed E-state index contributed by atoms with van der Waals surface area (Å²) in [5.74, 6) is 6.11. The Balaban J connectivity index is 2.20. The predicted molar refractivity (Wildman–Crippen MR) is 88.2 cm³/mol. The molecule has 0 unspecified atom stereocenters. The second-order valence-corrected chi connectivity index (χ2v) is 4.89. The van der Waals surface area contributed by atoms with Crippen molar-refractivity contribution < 1.29 is 0 Å². The number of nitrogens with one attached hydrogen (secondary N) is 1. The zero-order valence-electron chi connectivity index (χ0n) is 12.4. The van der Waals surface area contributed by atoms with Crippen LogP contribution in [-0.2, 0) is 0 Å². The second kappa shape index (κ2) is 5.46. The fourth-order valence-corrected chi connectivity index (χ4v) is 2.04. The van der Waals surface area contributed by atoms with E-state index in [-0.39, 0.29) is 34.3 Å². The first-order valence-corrected chi connectivity index (χ1v) is 6.71. The number of fused-ring (bicyclic) bond motifs is 1. The molecule has 0 radical (unpaired) electrons. The highest BCUT2D eigenvalue weighted by atomic mass is 15.4. The van der Waals surface area contributed by atoms with Crippen molar-refractivity contribution in [3.8, 4) is 11.4 Å². The summed E-state index contributed by atoms with van der Waals surface area (Å²) in [7, 11) is 1.51. The molecular formula is C14H15N9. The molecule has 23 heavy (non-hydrogen) atoms. The Morgan fingerprint density at radius 1 is 1.00 bits per heavy atom. The summed E-state index contributed by atoms with van der Waals surface area (Å²) < 4.78 is 0. The maximum absolute atomic E-state index is 7.88. The van der Waals surface area contributed by atoms with Crippen molar-refractivity contribution in [3.63, 3.8) is 0 Å². The summed E-state index contributed by atoms with van der Waals surface area (Å²) in [5, 5.41) is 8.97. The zero-order valence-corrected chi connectivity index (χ0v) is 12.4. The average Bonchev–Trinajstić information content (AvgIpc) is 2.54. The predicted octanol–water partition coefficient (Wildman–Crippen LogP) is 0.382. The zero-order chi connectivity index (χ0) is 16.6. The minimum atomic E-state index is -0.0802. The van der Waals surface area contributed by atoms with Crippen LogP contribution < -0.4 is 17.3 Å². The molecule has 9 nitrogen and oxygen atoms in total. The molecule has 7 N–H and O–H groups in total. The molecule has 2 aromatic heterocycles. The monoisotopic (exact) mass is 309 g/mol. The van der Waals surface area contributed by atoms with Crippen LogP contribution in [0.15, 0.2) is 30.3 Å². The third-order valence-corrected chi connectivity index (χ3v) is 3.19. The maximum atomic E-state index is 7.88. The van der Waals surface area contributed by atoms with Gasteiger partial charge in [0.25, 0.3) is 0 Å². The molecule has 9 heteroatoms. The van der Waals surface area contributed by atoms with Crippen LogP contribution in [-0.4, -0.2) is 37.8 Å². The lowest BCUT2D eigenvalue weighted by molar-refractivity contribution is 0.534. The normalized spacial score (nSPS) is 10.7. The van der Waals surface area contributed by atoms with E-state index < -0.39 is 0 Å². The SMILES string of the molecule is CN(N)C(=N)c1nc2c(N)nc(-c3ccccc3)nc2nc1N. The minimum Gasteiger partial charge on any atom is -0.382 e. The smallest absolute Gasteiger partial charge is 0.186 e. The largest absolute Gasteiger partial charge is 0.382 e. The number of hydrazine groups is 1. The molecule has 0 amide bonds. The van der Waals surface area contributed by atoms with Crippen LogP contribution in [0.4, 0.5) is 11.6 Å². The molecule has 0 aliphatic carbocycles. The number of anilines is 2. The van der Waals surface area contributed by atoms with Crippen molar-refractivity contribution in [1.82, 2.24) is 24.9 Å². The Bertz CT molecular complexity index is 890. The van der Waals surface area contributed by atoms with Gasteiger partial charge in [-0.1, -0.05) is 30.3 Å². The Kier molecular flexibility index (Phi) is 3.47. The number of hydrogen-bond donors (Lipinski definition) is 4. The fourth-order valence-electron chi connectivity index (χ4n) is 2.04. The van der Waals surface area contributed by atoms with Gasteiger partial charge in [-0.05, 0) is 0 Å². The highest BCUT2D eigenvalue weighted by Crippen LogP contribution is 2.22. The average molecular weight is 309 g/mol. The Morgan fingerprint density at radius 3 is 2.35 bits per heavy atom. The van der Waals surface area contributed by atoms with Crippen LogP contribution in [0.3, 0.4) is 0 Å². The molecule has 3 aromatic rings. The highest BCUT2D eigenvalue weighted by Gasteiger charge is 2.17. The van der Waals surface area contributed by atoms with Gasteiger partial charge in [-0.25, -0.2) is 25.8 Å². The van der Waals surface area contributed by atoms with E-state index in [1.807, 2.05) is 30.3 Å². The van der Waals surface area contributed by atoms with Crippen LogP contribution in [0, 0.1) is 5.41 Å². The van der Waals surface area contributed by atoms with E-state index in [4.69, 9.17) is 22.7 Å². The van der Waals surface area contributed by atoms with Gasteiger partial charge in [0.05, 0.1) is 0 Å². The van der Waals surface area contributed by atoms with Crippen LogP contribution in [0.1, 0.15) is 5.69 Å². The molecule has 0 aliphatic rings. The van der Waals surface area contributed by atoms with Crippen LogP contribution in [0.2, 0.25) is 0 Å². The molecule has 0 aliphatic heterocycles. The molecule has 0 saturated heterocycles. The van der Waals surface area contributed by atoms with Gasteiger partial charge in [0.2, 0.25) is 0 Å². The van der Waals surface area contributed by atoms with E-state index >= 15 is 0 Å².